The van der Waals surface area contributed by atoms with Gasteiger partial charge in [0.15, 0.2) is 0 Å². The highest BCUT2D eigenvalue weighted by Gasteiger charge is 2.28. The summed E-state index contributed by atoms with van der Waals surface area (Å²) >= 11 is 12.1. The first-order chi connectivity index (χ1) is 9.91. The second-order valence-corrected chi connectivity index (χ2v) is 5.70. The number of piperazine rings is 1. The van der Waals surface area contributed by atoms with E-state index < -0.39 is 6.10 Å². The zero-order valence-corrected chi connectivity index (χ0v) is 13.1. The molecule has 7 heteroatoms. The van der Waals surface area contributed by atoms with Gasteiger partial charge in [-0.15, -0.1) is 0 Å². The minimum Gasteiger partial charge on any atom is -0.384 e. The third-order valence-electron chi connectivity index (χ3n) is 3.41. The van der Waals surface area contributed by atoms with E-state index in [4.69, 9.17) is 23.2 Å². The average Bonchev–Trinajstić information content (AvgIpc) is 2.46. The molecule has 2 amide bonds. The van der Waals surface area contributed by atoms with Crippen LogP contribution in [0.5, 0.6) is 0 Å². The molecule has 1 aliphatic rings. The Morgan fingerprint density at radius 2 is 1.57 bits per heavy atom. The van der Waals surface area contributed by atoms with Gasteiger partial charge < -0.3 is 14.9 Å². The first kappa shape index (κ1) is 16.1. The van der Waals surface area contributed by atoms with Gasteiger partial charge in [-0.25, -0.2) is 0 Å². The number of benzene rings is 1. The molecule has 1 aromatic rings. The number of carbonyl (C=O) groups is 2. The standard InChI is InChI=1S/C14H16Cl2N2O3/c1-9(19)13(20)17-5-7-18(8-6-17)14(21)12-10(15)3-2-4-11(12)16/h2-4,9,19H,5-8H2,1H3. The molecule has 0 bridgehead atoms. The molecule has 1 aromatic carbocycles. The van der Waals surface area contributed by atoms with Crippen LogP contribution in [0.2, 0.25) is 10.0 Å². The van der Waals surface area contributed by atoms with Crippen LogP contribution in [-0.2, 0) is 4.79 Å². The summed E-state index contributed by atoms with van der Waals surface area (Å²) in [5, 5.41) is 9.92. The van der Waals surface area contributed by atoms with Crippen molar-refractivity contribution in [3.63, 3.8) is 0 Å². The lowest BCUT2D eigenvalue weighted by Gasteiger charge is -2.35. The first-order valence-electron chi connectivity index (χ1n) is 6.62. The van der Waals surface area contributed by atoms with E-state index >= 15 is 0 Å². The highest BCUT2D eigenvalue weighted by atomic mass is 35.5. The topological polar surface area (TPSA) is 60.9 Å². The minimum absolute atomic E-state index is 0.241. The summed E-state index contributed by atoms with van der Waals surface area (Å²) in [6.07, 6.45) is -1.02. The molecule has 0 aromatic heterocycles. The Labute approximate surface area is 133 Å². The quantitative estimate of drug-likeness (QED) is 0.897. The summed E-state index contributed by atoms with van der Waals surface area (Å²) in [6, 6.07) is 4.92. The Kier molecular flexibility index (Phi) is 5.08. The Morgan fingerprint density at radius 3 is 2.05 bits per heavy atom. The van der Waals surface area contributed by atoms with Gasteiger partial charge in [0.05, 0.1) is 15.6 Å². The third-order valence-corrected chi connectivity index (χ3v) is 4.04. The number of halogens is 2. The Bertz CT molecular complexity index is 535. The average molecular weight is 331 g/mol. The lowest BCUT2D eigenvalue weighted by atomic mass is 10.1. The number of amides is 2. The van der Waals surface area contributed by atoms with Gasteiger partial charge in [0, 0.05) is 26.2 Å². The molecule has 0 spiro atoms. The van der Waals surface area contributed by atoms with Crippen LogP contribution in [0.25, 0.3) is 0 Å². The Balaban J connectivity index is 2.06. The lowest BCUT2D eigenvalue weighted by Crippen LogP contribution is -2.52. The molecule has 1 fully saturated rings. The highest BCUT2D eigenvalue weighted by molar-refractivity contribution is 6.39. The molecular formula is C14H16Cl2N2O3. The van der Waals surface area contributed by atoms with Crippen molar-refractivity contribution in [1.82, 2.24) is 9.80 Å². The molecule has 1 aliphatic heterocycles. The van der Waals surface area contributed by atoms with Gasteiger partial charge in [-0.1, -0.05) is 29.3 Å². The predicted molar refractivity (Wildman–Crippen MR) is 80.6 cm³/mol. The van der Waals surface area contributed by atoms with Crippen molar-refractivity contribution < 1.29 is 14.7 Å². The van der Waals surface area contributed by atoms with Crippen molar-refractivity contribution in [2.45, 2.75) is 13.0 Å². The minimum atomic E-state index is -1.02. The lowest BCUT2D eigenvalue weighted by molar-refractivity contribution is -0.140. The molecule has 0 aliphatic carbocycles. The van der Waals surface area contributed by atoms with Crippen LogP contribution >= 0.6 is 23.2 Å². The molecule has 1 atom stereocenters. The maximum Gasteiger partial charge on any atom is 0.257 e. The molecule has 2 rings (SSSR count). The fraction of sp³-hybridized carbons (Fsp3) is 0.429. The monoisotopic (exact) mass is 330 g/mol. The fourth-order valence-corrected chi connectivity index (χ4v) is 2.81. The molecule has 114 valence electrons. The summed E-state index contributed by atoms with van der Waals surface area (Å²) in [7, 11) is 0. The maximum atomic E-state index is 12.5. The summed E-state index contributed by atoms with van der Waals surface area (Å²) in [5.74, 6) is -0.562. The normalized spacial score (nSPS) is 16.8. The molecule has 1 N–H and O–H groups in total. The van der Waals surface area contributed by atoms with Gasteiger partial charge in [0.25, 0.3) is 11.8 Å². The molecule has 1 unspecified atom stereocenters. The van der Waals surface area contributed by atoms with Crippen LogP contribution in [0.1, 0.15) is 17.3 Å². The van der Waals surface area contributed by atoms with Crippen LogP contribution in [0.4, 0.5) is 0 Å². The van der Waals surface area contributed by atoms with E-state index in [1.807, 2.05) is 0 Å². The van der Waals surface area contributed by atoms with Gasteiger partial charge in [0.2, 0.25) is 0 Å². The van der Waals surface area contributed by atoms with Crippen LogP contribution in [0.3, 0.4) is 0 Å². The number of aliphatic hydroxyl groups excluding tert-OH is 1. The van der Waals surface area contributed by atoms with E-state index in [1.165, 1.54) is 6.92 Å². The number of rotatable bonds is 2. The fourth-order valence-electron chi connectivity index (χ4n) is 2.25. The van der Waals surface area contributed by atoms with Gasteiger partial charge >= 0.3 is 0 Å². The van der Waals surface area contributed by atoms with Crippen molar-refractivity contribution in [3.8, 4) is 0 Å². The summed E-state index contributed by atoms with van der Waals surface area (Å²) in [4.78, 5) is 27.3. The van der Waals surface area contributed by atoms with Gasteiger partial charge in [0.1, 0.15) is 6.10 Å². The summed E-state index contributed by atoms with van der Waals surface area (Å²) in [6.45, 7) is 2.98. The number of aliphatic hydroxyl groups is 1. The molecular weight excluding hydrogens is 315 g/mol. The number of hydrogen-bond acceptors (Lipinski definition) is 3. The second-order valence-electron chi connectivity index (χ2n) is 4.89. The molecule has 1 saturated heterocycles. The Morgan fingerprint density at radius 1 is 1.10 bits per heavy atom. The number of hydrogen-bond donors (Lipinski definition) is 1. The molecule has 1 heterocycles. The number of carbonyl (C=O) groups excluding carboxylic acids is 2. The molecule has 0 radical (unpaired) electrons. The summed E-state index contributed by atoms with van der Waals surface area (Å²) < 4.78 is 0. The second kappa shape index (κ2) is 6.64. The molecule has 0 saturated carbocycles. The SMILES string of the molecule is CC(O)C(=O)N1CCN(C(=O)c2c(Cl)cccc2Cl)CC1. The molecule has 5 nitrogen and oxygen atoms in total. The van der Waals surface area contributed by atoms with E-state index in [1.54, 1.807) is 28.0 Å². The van der Waals surface area contributed by atoms with Crippen LogP contribution < -0.4 is 0 Å². The largest absolute Gasteiger partial charge is 0.384 e. The number of nitrogens with zero attached hydrogens (tertiary/aromatic N) is 2. The van der Waals surface area contributed by atoms with Crippen molar-refractivity contribution in [1.29, 1.82) is 0 Å². The maximum absolute atomic E-state index is 12.5. The predicted octanol–water partition coefficient (Wildman–Crippen LogP) is 1.66. The van der Waals surface area contributed by atoms with E-state index in [-0.39, 0.29) is 17.4 Å². The van der Waals surface area contributed by atoms with Crippen LogP contribution in [0, 0.1) is 0 Å². The zero-order chi connectivity index (χ0) is 15.6. The van der Waals surface area contributed by atoms with Crippen LogP contribution in [0.15, 0.2) is 18.2 Å². The first-order valence-corrected chi connectivity index (χ1v) is 7.37. The smallest absolute Gasteiger partial charge is 0.257 e. The van der Waals surface area contributed by atoms with E-state index in [0.717, 1.165) is 0 Å². The van der Waals surface area contributed by atoms with Crippen molar-refractivity contribution in [3.05, 3.63) is 33.8 Å². The van der Waals surface area contributed by atoms with Crippen LogP contribution in [-0.4, -0.2) is 59.0 Å². The third kappa shape index (κ3) is 3.48. The van der Waals surface area contributed by atoms with Crippen molar-refractivity contribution in [2.75, 3.05) is 26.2 Å². The van der Waals surface area contributed by atoms with E-state index in [2.05, 4.69) is 0 Å². The molecule has 21 heavy (non-hydrogen) atoms. The highest BCUT2D eigenvalue weighted by Crippen LogP contribution is 2.26. The van der Waals surface area contributed by atoms with Gasteiger partial charge in [-0.05, 0) is 19.1 Å². The van der Waals surface area contributed by atoms with E-state index in [9.17, 15) is 14.7 Å². The summed E-state index contributed by atoms with van der Waals surface area (Å²) in [5.41, 5.74) is 0.288. The van der Waals surface area contributed by atoms with E-state index in [0.29, 0.717) is 36.2 Å². The van der Waals surface area contributed by atoms with Crippen molar-refractivity contribution >= 4 is 35.0 Å². The Hall–Kier alpha value is -1.30. The van der Waals surface area contributed by atoms with Gasteiger partial charge in [-0.2, -0.15) is 0 Å². The van der Waals surface area contributed by atoms with Crippen molar-refractivity contribution in [2.24, 2.45) is 0 Å². The van der Waals surface area contributed by atoms with Gasteiger partial charge in [-0.3, -0.25) is 9.59 Å². The zero-order valence-electron chi connectivity index (χ0n) is 11.6.